The van der Waals surface area contributed by atoms with Gasteiger partial charge in [-0.05, 0) is 45.1 Å². The van der Waals surface area contributed by atoms with Crippen molar-refractivity contribution in [2.45, 2.75) is 97.2 Å². The van der Waals surface area contributed by atoms with Crippen molar-refractivity contribution in [3.05, 3.63) is 35.9 Å². The van der Waals surface area contributed by atoms with E-state index in [0.717, 1.165) is 24.8 Å². The number of carbonyl (C=O) groups excluding carboxylic acids is 2. The molecule has 1 aromatic rings. The standard InChI is InChI=1S/C25H41N3O4/c1-7-8-12-15-28-22(17(2)3)27-20(23(28)30)21(29)19(16-18-13-10-9-11-14-18)26-24(31)32-25(4,5)6/h9-11,13-14,17,19-22,27,29H,7-8,12,15-16H2,1-6H3,(H,26,31)/t19-,20-,21+,22?/m0/s1. The Bertz CT molecular complexity index is 732. The average molecular weight is 448 g/mol. The Morgan fingerprint density at radius 2 is 1.88 bits per heavy atom. The number of nitrogens with one attached hydrogen (secondary N) is 2. The molecular formula is C25H41N3O4. The zero-order valence-electron chi connectivity index (χ0n) is 20.4. The average Bonchev–Trinajstić information content (AvgIpc) is 3.03. The Hall–Kier alpha value is -2.12. The van der Waals surface area contributed by atoms with Crippen molar-refractivity contribution < 1.29 is 19.4 Å². The Labute approximate surface area is 192 Å². The van der Waals surface area contributed by atoms with E-state index in [1.54, 1.807) is 20.8 Å². The van der Waals surface area contributed by atoms with Crippen molar-refractivity contribution in [1.29, 1.82) is 0 Å². The molecule has 1 heterocycles. The molecule has 7 heteroatoms. The van der Waals surface area contributed by atoms with Crippen LogP contribution in [0.2, 0.25) is 0 Å². The van der Waals surface area contributed by atoms with Gasteiger partial charge < -0.3 is 20.1 Å². The van der Waals surface area contributed by atoms with Crippen LogP contribution in [0, 0.1) is 5.92 Å². The van der Waals surface area contributed by atoms with Crippen LogP contribution >= 0.6 is 0 Å². The molecule has 4 atom stereocenters. The fourth-order valence-corrected chi connectivity index (χ4v) is 4.06. The van der Waals surface area contributed by atoms with Crippen molar-refractivity contribution in [3.8, 4) is 0 Å². The molecular weight excluding hydrogens is 406 g/mol. The molecule has 0 bridgehead atoms. The summed E-state index contributed by atoms with van der Waals surface area (Å²) in [5, 5.41) is 17.4. The first kappa shape index (κ1) is 26.1. The molecule has 1 saturated heterocycles. The number of alkyl carbamates (subject to hydrolysis) is 1. The fourth-order valence-electron chi connectivity index (χ4n) is 4.06. The summed E-state index contributed by atoms with van der Waals surface area (Å²) < 4.78 is 5.41. The third-order valence-corrected chi connectivity index (χ3v) is 5.62. The van der Waals surface area contributed by atoms with Gasteiger partial charge in [0, 0.05) is 6.54 Å². The molecule has 1 aliphatic heterocycles. The predicted molar refractivity (Wildman–Crippen MR) is 126 cm³/mol. The lowest BCUT2D eigenvalue weighted by molar-refractivity contribution is -0.132. The molecule has 1 aliphatic rings. The number of carbonyl (C=O) groups is 2. The third-order valence-electron chi connectivity index (χ3n) is 5.62. The summed E-state index contributed by atoms with van der Waals surface area (Å²) in [4.78, 5) is 27.6. The van der Waals surface area contributed by atoms with Gasteiger partial charge in [-0.2, -0.15) is 0 Å². The van der Waals surface area contributed by atoms with Gasteiger partial charge in [-0.25, -0.2) is 4.79 Å². The van der Waals surface area contributed by atoms with Crippen molar-refractivity contribution in [2.75, 3.05) is 6.54 Å². The first-order chi connectivity index (χ1) is 15.0. The highest BCUT2D eigenvalue weighted by Gasteiger charge is 2.45. The van der Waals surface area contributed by atoms with Gasteiger partial charge in [0.05, 0.1) is 18.3 Å². The molecule has 0 saturated carbocycles. The van der Waals surface area contributed by atoms with Crippen LogP contribution in [-0.2, 0) is 16.0 Å². The Morgan fingerprint density at radius 1 is 1.22 bits per heavy atom. The molecule has 0 aliphatic carbocycles. The zero-order chi connectivity index (χ0) is 23.9. The van der Waals surface area contributed by atoms with Crippen molar-refractivity contribution in [1.82, 2.24) is 15.5 Å². The highest BCUT2D eigenvalue weighted by atomic mass is 16.6. The molecule has 180 valence electrons. The van der Waals surface area contributed by atoms with Crippen molar-refractivity contribution in [2.24, 2.45) is 5.92 Å². The highest BCUT2D eigenvalue weighted by molar-refractivity contribution is 5.85. The molecule has 3 N–H and O–H groups in total. The maximum absolute atomic E-state index is 13.3. The first-order valence-electron chi connectivity index (χ1n) is 11.8. The Balaban J connectivity index is 2.21. The number of aliphatic hydroxyl groups is 1. The van der Waals surface area contributed by atoms with E-state index in [4.69, 9.17) is 4.74 Å². The van der Waals surface area contributed by atoms with E-state index >= 15 is 0 Å². The minimum atomic E-state index is -1.10. The maximum Gasteiger partial charge on any atom is 0.407 e. The predicted octanol–water partition coefficient (Wildman–Crippen LogP) is 3.46. The van der Waals surface area contributed by atoms with Crippen LogP contribution in [0.4, 0.5) is 4.79 Å². The second kappa shape index (κ2) is 11.7. The third kappa shape index (κ3) is 7.48. The second-order valence-corrected chi connectivity index (χ2v) is 10.0. The zero-order valence-corrected chi connectivity index (χ0v) is 20.4. The van der Waals surface area contributed by atoms with E-state index in [1.807, 2.05) is 35.2 Å². The molecule has 0 radical (unpaired) electrons. The van der Waals surface area contributed by atoms with Crippen LogP contribution in [0.3, 0.4) is 0 Å². The van der Waals surface area contributed by atoms with Gasteiger partial charge in [-0.1, -0.05) is 63.9 Å². The van der Waals surface area contributed by atoms with Gasteiger partial charge in [-0.15, -0.1) is 0 Å². The number of ether oxygens (including phenoxy) is 1. The van der Waals surface area contributed by atoms with E-state index in [9.17, 15) is 14.7 Å². The summed E-state index contributed by atoms with van der Waals surface area (Å²) >= 11 is 0. The molecule has 1 aromatic carbocycles. The molecule has 0 spiro atoms. The molecule has 0 aromatic heterocycles. The molecule has 7 nitrogen and oxygen atoms in total. The Kier molecular flexibility index (Phi) is 9.52. The largest absolute Gasteiger partial charge is 0.444 e. The number of hydrogen-bond donors (Lipinski definition) is 3. The number of amides is 2. The second-order valence-electron chi connectivity index (χ2n) is 10.0. The quantitative estimate of drug-likeness (QED) is 0.478. The summed E-state index contributed by atoms with van der Waals surface area (Å²) in [6, 6.07) is 8.15. The fraction of sp³-hybridized carbons (Fsp3) is 0.680. The first-order valence-corrected chi connectivity index (χ1v) is 11.8. The van der Waals surface area contributed by atoms with Crippen LogP contribution in [0.25, 0.3) is 0 Å². The van der Waals surface area contributed by atoms with Gasteiger partial charge in [0.1, 0.15) is 11.6 Å². The lowest BCUT2D eigenvalue weighted by Gasteiger charge is -2.29. The van der Waals surface area contributed by atoms with Crippen LogP contribution in [0.1, 0.15) is 66.4 Å². The van der Waals surface area contributed by atoms with Gasteiger partial charge in [0.15, 0.2) is 0 Å². The lowest BCUT2D eigenvalue weighted by atomic mass is 9.96. The smallest absolute Gasteiger partial charge is 0.407 e. The monoisotopic (exact) mass is 447 g/mol. The summed E-state index contributed by atoms with van der Waals surface area (Å²) in [6.45, 7) is 12.3. The molecule has 2 amide bonds. The minimum absolute atomic E-state index is 0.114. The summed E-state index contributed by atoms with van der Waals surface area (Å²) in [6.07, 6.45) is 1.59. The van der Waals surface area contributed by atoms with Gasteiger partial charge in [0.25, 0.3) is 0 Å². The van der Waals surface area contributed by atoms with Gasteiger partial charge >= 0.3 is 6.09 Å². The summed E-state index contributed by atoms with van der Waals surface area (Å²) in [5.41, 5.74) is 0.297. The molecule has 2 rings (SSSR count). The van der Waals surface area contributed by atoms with E-state index in [2.05, 4.69) is 31.4 Å². The highest BCUT2D eigenvalue weighted by Crippen LogP contribution is 2.23. The normalized spacial score (nSPS) is 21.0. The van der Waals surface area contributed by atoms with Gasteiger partial charge in [-0.3, -0.25) is 10.1 Å². The summed E-state index contributed by atoms with van der Waals surface area (Å²) in [7, 11) is 0. The van der Waals surface area contributed by atoms with Crippen molar-refractivity contribution >= 4 is 12.0 Å². The van der Waals surface area contributed by atoms with Crippen molar-refractivity contribution in [3.63, 3.8) is 0 Å². The van der Waals surface area contributed by atoms with Crippen LogP contribution in [0.15, 0.2) is 30.3 Å². The lowest BCUT2D eigenvalue weighted by Crippen LogP contribution is -2.55. The van der Waals surface area contributed by atoms with Crippen LogP contribution in [0.5, 0.6) is 0 Å². The topological polar surface area (TPSA) is 90.9 Å². The number of unbranched alkanes of at least 4 members (excludes halogenated alkanes) is 2. The number of nitrogens with zero attached hydrogens (tertiary/aromatic N) is 1. The van der Waals surface area contributed by atoms with E-state index < -0.39 is 29.9 Å². The number of rotatable bonds is 10. The minimum Gasteiger partial charge on any atom is -0.444 e. The number of benzene rings is 1. The number of aliphatic hydroxyl groups excluding tert-OH is 1. The molecule has 32 heavy (non-hydrogen) atoms. The van der Waals surface area contributed by atoms with E-state index in [-0.39, 0.29) is 18.0 Å². The Morgan fingerprint density at radius 3 is 2.44 bits per heavy atom. The van der Waals surface area contributed by atoms with Gasteiger partial charge in [0.2, 0.25) is 5.91 Å². The molecule has 1 unspecified atom stereocenters. The number of hydrogen-bond acceptors (Lipinski definition) is 5. The maximum atomic E-state index is 13.3. The van der Waals surface area contributed by atoms with E-state index in [1.165, 1.54) is 0 Å². The summed E-state index contributed by atoms with van der Waals surface area (Å²) in [5.74, 6) is 0.0838. The van der Waals surface area contributed by atoms with Crippen LogP contribution < -0.4 is 10.6 Å². The SMILES string of the molecule is CCCCCN1C(=O)[C@H]([C@H](O)[C@H](Cc2ccccc2)NC(=O)OC(C)(C)C)NC1C(C)C. The van der Waals surface area contributed by atoms with Crippen LogP contribution in [-0.4, -0.2) is 58.5 Å². The molecule has 1 fully saturated rings. The van der Waals surface area contributed by atoms with E-state index in [0.29, 0.717) is 13.0 Å².